The summed E-state index contributed by atoms with van der Waals surface area (Å²) in [6.07, 6.45) is 0.931. The van der Waals surface area contributed by atoms with Crippen molar-refractivity contribution < 1.29 is 9.13 Å². The first kappa shape index (κ1) is 26.1. The van der Waals surface area contributed by atoms with E-state index in [2.05, 4.69) is 72.1 Å². The number of hydrogen-bond acceptors (Lipinski definition) is 4. The zero-order chi connectivity index (χ0) is 22.5. The van der Waals surface area contributed by atoms with Crippen molar-refractivity contribution in [2.75, 3.05) is 20.3 Å². The fourth-order valence-corrected chi connectivity index (χ4v) is 2.75. The van der Waals surface area contributed by atoms with Crippen LogP contribution in [-0.2, 0) is 17.7 Å². The van der Waals surface area contributed by atoms with E-state index in [1.54, 1.807) is 13.1 Å². The summed E-state index contributed by atoms with van der Waals surface area (Å²) >= 11 is 3.54. The minimum Gasteiger partial charge on any atom is -0.381 e. The third kappa shape index (κ3) is 9.28. The number of imidazole rings is 1. The van der Waals surface area contributed by atoms with Crippen molar-refractivity contribution in [3.8, 4) is 0 Å². The van der Waals surface area contributed by atoms with Crippen LogP contribution in [-0.4, -0.2) is 29.8 Å². The van der Waals surface area contributed by atoms with Gasteiger partial charge in [-0.1, -0.05) is 57.9 Å². The summed E-state index contributed by atoms with van der Waals surface area (Å²) in [5.41, 5.74) is 4.15. The summed E-state index contributed by atoms with van der Waals surface area (Å²) < 4.78 is 23.3. The average molecular weight is 434 g/mol. The van der Waals surface area contributed by atoms with Gasteiger partial charge in [-0.05, 0) is 56.5 Å². The molecule has 1 heterocycles. The number of fused-ring (bicyclic) bond motifs is 1. The van der Waals surface area contributed by atoms with Crippen LogP contribution in [0.4, 0.5) is 4.39 Å². The van der Waals surface area contributed by atoms with Gasteiger partial charge in [-0.15, -0.1) is 0 Å². The first-order chi connectivity index (χ1) is 14.3. The molecule has 0 saturated heterocycles. The standard InChI is InChI=1S/C19H21FN2O.C4H10.CH5NS/c1-3-23-11-10-15-4-6-16(7-5-15)13-22-14(2)21-18-12-17(20)8-9-19(18)22;1-4(2)3;1-2-3/h4-9,12H,3,10-11,13H2,1-2H3;4H,1-3H3;2-3H,1H3. The third-order valence-electron chi connectivity index (χ3n) is 4.00. The molecule has 1 N–H and O–H groups in total. The predicted molar refractivity (Wildman–Crippen MR) is 129 cm³/mol. The molecule has 6 heteroatoms. The summed E-state index contributed by atoms with van der Waals surface area (Å²) in [6, 6.07) is 13.3. The normalized spacial score (nSPS) is 10.4. The SMILES string of the molecule is CC(C)C.CCOCCc1ccc(Cn2c(C)nc3cc(F)ccc32)cc1.CNS. The van der Waals surface area contributed by atoms with Gasteiger partial charge in [0.25, 0.3) is 0 Å². The minimum atomic E-state index is -0.249. The maximum Gasteiger partial charge on any atom is 0.125 e. The topological polar surface area (TPSA) is 39.1 Å². The molecule has 1 aromatic heterocycles. The van der Waals surface area contributed by atoms with Gasteiger partial charge < -0.3 is 9.30 Å². The van der Waals surface area contributed by atoms with Crippen LogP contribution < -0.4 is 4.72 Å². The summed E-state index contributed by atoms with van der Waals surface area (Å²) in [4.78, 5) is 4.44. The van der Waals surface area contributed by atoms with Crippen molar-refractivity contribution in [2.24, 2.45) is 5.92 Å². The number of halogens is 1. The summed E-state index contributed by atoms with van der Waals surface area (Å²) in [5, 5.41) is 0. The first-order valence-corrected chi connectivity index (χ1v) is 10.9. The van der Waals surface area contributed by atoms with E-state index in [1.807, 2.05) is 13.8 Å². The molecule has 0 spiro atoms. The van der Waals surface area contributed by atoms with E-state index < -0.39 is 0 Å². The Kier molecular flexibility index (Phi) is 12.4. The van der Waals surface area contributed by atoms with E-state index in [0.717, 1.165) is 43.4 Å². The molecule has 0 aliphatic carbocycles. The molecular weight excluding hydrogens is 397 g/mol. The van der Waals surface area contributed by atoms with Gasteiger partial charge in [0.2, 0.25) is 0 Å². The lowest BCUT2D eigenvalue weighted by Crippen LogP contribution is -2.03. The number of benzene rings is 2. The average Bonchev–Trinajstić information content (AvgIpc) is 2.98. The number of aryl methyl sites for hydroxylation is 1. The Morgan fingerprint density at radius 3 is 2.23 bits per heavy atom. The van der Waals surface area contributed by atoms with Crippen LogP contribution >= 0.6 is 12.8 Å². The van der Waals surface area contributed by atoms with Crippen LogP contribution in [0.3, 0.4) is 0 Å². The monoisotopic (exact) mass is 433 g/mol. The maximum absolute atomic E-state index is 13.3. The Morgan fingerprint density at radius 2 is 1.67 bits per heavy atom. The van der Waals surface area contributed by atoms with E-state index in [0.29, 0.717) is 5.52 Å². The molecule has 30 heavy (non-hydrogen) atoms. The van der Waals surface area contributed by atoms with Crippen LogP contribution in [0, 0.1) is 18.7 Å². The fourth-order valence-electron chi connectivity index (χ4n) is 2.75. The molecule has 166 valence electrons. The first-order valence-electron chi connectivity index (χ1n) is 10.4. The highest BCUT2D eigenvalue weighted by Crippen LogP contribution is 2.19. The molecule has 0 atom stereocenters. The minimum absolute atomic E-state index is 0.249. The zero-order valence-electron chi connectivity index (χ0n) is 19.1. The zero-order valence-corrected chi connectivity index (χ0v) is 20.0. The van der Waals surface area contributed by atoms with Crippen molar-refractivity contribution in [1.29, 1.82) is 0 Å². The van der Waals surface area contributed by atoms with Gasteiger partial charge in [0.1, 0.15) is 11.6 Å². The molecule has 0 radical (unpaired) electrons. The van der Waals surface area contributed by atoms with Crippen molar-refractivity contribution in [2.45, 2.75) is 47.6 Å². The number of aromatic nitrogens is 2. The van der Waals surface area contributed by atoms with Crippen LogP contribution in [0.1, 0.15) is 44.6 Å². The number of thiol groups is 1. The number of rotatable bonds is 6. The van der Waals surface area contributed by atoms with Crippen LogP contribution in [0.15, 0.2) is 42.5 Å². The Labute approximate surface area is 186 Å². The van der Waals surface area contributed by atoms with Gasteiger partial charge in [-0.2, -0.15) is 0 Å². The van der Waals surface area contributed by atoms with Gasteiger partial charge in [-0.25, -0.2) is 9.37 Å². The molecule has 0 aliphatic heterocycles. The smallest absolute Gasteiger partial charge is 0.125 e. The molecule has 0 fully saturated rings. The highest BCUT2D eigenvalue weighted by atomic mass is 32.1. The van der Waals surface area contributed by atoms with Crippen molar-refractivity contribution in [3.63, 3.8) is 0 Å². The number of ether oxygens (including phenoxy) is 1. The second kappa shape index (κ2) is 14.2. The predicted octanol–water partition coefficient (Wildman–Crippen LogP) is 5.82. The molecule has 0 bridgehead atoms. The highest BCUT2D eigenvalue weighted by molar-refractivity contribution is 7.78. The molecule has 0 aliphatic rings. The molecule has 0 unspecified atom stereocenters. The van der Waals surface area contributed by atoms with E-state index in [4.69, 9.17) is 4.74 Å². The van der Waals surface area contributed by atoms with Crippen LogP contribution in [0.2, 0.25) is 0 Å². The number of hydrogen-bond donors (Lipinski definition) is 2. The lowest BCUT2D eigenvalue weighted by Gasteiger charge is -2.08. The van der Waals surface area contributed by atoms with Crippen LogP contribution in [0.25, 0.3) is 11.0 Å². The Balaban J connectivity index is 0.000000564. The van der Waals surface area contributed by atoms with E-state index >= 15 is 0 Å². The second-order valence-electron chi connectivity index (χ2n) is 7.60. The van der Waals surface area contributed by atoms with Gasteiger partial charge in [0.05, 0.1) is 17.6 Å². The Bertz CT molecular complexity index is 860. The number of nitrogens with zero attached hydrogens (tertiary/aromatic N) is 2. The molecule has 3 aromatic rings. The number of nitrogens with one attached hydrogen (secondary N) is 1. The quantitative estimate of drug-likeness (QED) is 0.380. The molecule has 2 aromatic carbocycles. The summed E-state index contributed by atoms with van der Waals surface area (Å²) in [6.45, 7) is 12.7. The second-order valence-corrected chi connectivity index (χ2v) is 8.04. The van der Waals surface area contributed by atoms with E-state index in [1.165, 1.54) is 23.3 Å². The molecular formula is C24H36FN3OS. The lowest BCUT2D eigenvalue weighted by atomic mass is 10.1. The maximum atomic E-state index is 13.3. The van der Waals surface area contributed by atoms with Gasteiger partial charge in [0.15, 0.2) is 0 Å². The largest absolute Gasteiger partial charge is 0.381 e. The Morgan fingerprint density at radius 1 is 1.10 bits per heavy atom. The van der Waals surface area contributed by atoms with Crippen molar-refractivity contribution in [1.82, 2.24) is 14.3 Å². The van der Waals surface area contributed by atoms with E-state index in [-0.39, 0.29) is 5.82 Å². The fraction of sp³-hybridized carbons (Fsp3) is 0.458. The summed E-state index contributed by atoms with van der Waals surface area (Å²) in [7, 11) is 1.74. The molecule has 0 saturated carbocycles. The van der Waals surface area contributed by atoms with Crippen molar-refractivity contribution >= 4 is 23.8 Å². The highest BCUT2D eigenvalue weighted by Gasteiger charge is 2.08. The van der Waals surface area contributed by atoms with E-state index in [9.17, 15) is 4.39 Å². The summed E-state index contributed by atoms with van der Waals surface area (Å²) in [5.74, 6) is 1.48. The third-order valence-corrected chi connectivity index (χ3v) is 4.00. The van der Waals surface area contributed by atoms with Gasteiger partial charge in [0, 0.05) is 19.2 Å². The lowest BCUT2D eigenvalue weighted by molar-refractivity contribution is 0.151. The van der Waals surface area contributed by atoms with Crippen molar-refractivity contribution in [3.05, 3.63) is 65.2 Å². The molecule has 0 amide bonds. The van der Waals surface area contributed by atoms with Gasteiger partial charge >= 0.3 is 0 Å². The molecule has 4 nitrogen and oxygen atoms in total. The Hall–Kier alpha value is -1.89. The van der Waals surface area contributed by atoms with Gasteiger partial charge in [-0.3, -0.25) is 4.72 Å². The molecule has 3 rings (SSSR count). The van der Waals surface area contributed by atoms with Crippen LogP contribution in [0.5, 0.6) is 0 Å².